The summed E-state index contributed by atoms with van der Waals surface area (Å²) >= 11 is 0. The van der Waals surface area contributed by atoms with Crippen LogP contribution in [0.1, 0.15) is 44.9 Å². The molecule has 1 atom stereocenters. The molecule has 17 heavy (non-hydrogen) atoms. The monoisotopic (exact) mass is 240 g/mol. The molecule has 2 N–H and O–H groups in total. The molecule has 0 aromatic carbocycles. The van der Waals surface area contributed by atoms with E-state index in [9.17, 15) is 9.90 Å². The summed E-state index contributed by atoms with van der Waals surface area (Å²) in [6, 6.07) is 0.618. The summed E-state index contributed by atoms with van der Waals surface area (Å²) in [5, 5.41) is 13.2. The second-order valence-corrected chi connectivity index (χ2v) is 5.34. The highest BCUT2D eigenvalue weighted by atomic mass is 16.3. The third kappa shape index (κ3) is 4.64. The van der Waals surface area contributed by atoms with Crippen molar-refractivity contribution in [2.24, 2.45) is 0 Å². The normalized spacial score (nSPS) is 24.3. The minimum absolute atomic E-state index is 0.218. The molecule has 0 spiro atoms. The number of carbonyl (C=O) groups is 1. The maximum atomic E-state index is 11.8. The Morgan fingerprint density at radius 3 is 2.82 bits per heavy atom. The number of β-amino-alcohol motifs (C(OH)–C–C–N with tert-alkyl or cyclic N) is 1. The molecular weight excluding hydrogens is 216 g/mol. The molecule has 0 bridgehead atoms. The molecule has 0 radical (unpaired) electrons. The van der Waals surface area contributed by atoms with E-state index >= 15 is 0 Å². The van der Waals surface area contributed by atoms with Gasteiger partial charge in [-0.15, -0.1) is 0 Å². The van der Waals surface area contributed by atoms with Gasteiger partial charge in [0.25, 0.3) is 0 Å². The van der Waals surface area contributed by atoms with E-state index in [0.717, 1.165) is 19.4 Å². The Bertz CT molecular complexity index is 254. The summed E-state index contributed by atoms with van der Waals surface area (Å²) in [7, 11) is 0. The minimum Gasteiger partial charge on any atom is -0.390 e. The van der Waals surface area contributed by atoms with E-state index in [1.807, 2.05) is 4.90 Å². The first-order valence-corrected chi connectivity index (χ1v) is 6.95. The Labute approximate surface area is 103 Å². The lowest BCUT2D eigenvalue weighted by atomic mass is 10.1. The summed E-state index contributed by atoms with van der Waals surface area (Å²) in [5.41, 5.74) is 0. The average molecular weight is 240 g/mol. The van der Waals surface area contributed by atoms with Crippen molar-refractivity contribution in [3.05, 3.63) is 0 Å². The van der Waals surface area contributed by atoms with Gasteiger partial charge < -0.3 is 15.3 Å². The Hall–Kier alpha value is -0.610. The van der Waals surface area contributed by atoms with Crippen molar-refractivity contribution in [1.29, 1.82) is 0 Å². The highest BCUT2D eigenvalue weighted by Crippen LogP contribution is 2.18. The summed E-state index contributed by atoms with van der Waals surface area (Å²) in [6.45, 7) is 1.94. The molecule has 1 amide bonds. The molecule has 1 unspecified atom stereocenters. The minimum atomic E-state index is -0.418. The molecular formula is C13H24N2O2. The van der Waals surface area contributed by atoms with Gasteiger partial charge in [0.1, 0.15) is 0 Å². The fraction of sp³-hybridized carbons (Fsp3) is 0.923. The van der Waals surface area contributed by atoms with Crippen LogP contribution in [-0.4, -0.2) is 47.7 Å². The maximum absolute atomic E-state index is 11.8. The molecule has 1 heterocycles. The van der Waals surface area contributed by atoms with E-state index in [2.05, 4.69) is 5.32 Å². The number of hydrogen-bond donors (Lipinski definition) is 2. The van der Waals surface area contributed by atoms with Crippen LogP contribution in [0.5, 0.6) is 0 Å². The molecule has 2 aliphatic rings. The second kappa shape index (κ2) is 6.36. The third-order valence-electron chi connectivity index (χ3n) is 3.57. The second-order valence-electron chi connectivity index (χ2n) is 5.34. The van der Waals surface area contributed by atoms with Crippen LogP contribution in [0.25, 0.3) is 0 Å². The van der Waals surface area contributed by atoms with Crippen molar-refractivity contribution in [3.8, 4) is 0 Å². The molecule has 2 fully saturated rings. The fourth-order valence-corrected chi connectivity index (χ4v) is 2.32. The highest BCUT2D eigenvalue weighted by molar-refractivity contribution is 5.76. The Morgan fingerprint density at radius 1 is 1.29 bits per heavy atom. The maximum Gasteiger partial charge on any atom is 0.222 e. The average Bonchev–Trinajstić information content (AvgIpc) is 3.10. The van der Waals surface area contributed by atoms with Crippen LogP contribution in [0.4, 0.5) is 0 Å². The molecule has 1 saturated carbocycles. The van der Waals surface area contributed by atoms with Crippen molar-refractivity contribution >= 4 is 5.91 Å². The van der Waals surface area contributed by atoms with E-state index < -0.39 is 6.10 Å². The van der Waals surface area contributed by atoms with Gasteiger partial charge in [-0.1, -0.05) is 12.8 Å². The first-order chi connectivity index (χ1) is 8.25. The zero-order chi connectivity index (χ0) is 12.1. The van der Waals surface area contributed by atoms with Crippen LogP contribution in [0.15, 0.2) is 0 Å². The Balaban J connectivity index is 1.71. The SMILES string of the molecule is O=C1CCCCCCN1CC(O)CNC1CC1. The largest absolute Gasteiger partial charge is 0.390 e. The smallest absolute Gasteiger partial charge is 0.222 e. The van der Waals surface area contributed by atoms with E-state index in [1.165, 1.54) is 25.7 Å². The highest BCUT2D eigenvalue weighted by Gasteiger charge is 2.23. The van der Waals surface area contributed by atoms with Crippen LogP contribution in [0, 0.1) is 0 Å². The van der Waals surface area contributed by atoms with E-state index in [1.54, 1.807) is 0 Å². The van der Waals surface area contributed by atoms with Gasteiger partial charge in [0.05, 0.1) is 6.10 Å². The van der Waals surface area contributed by atoms with E-state index in [-0.39, 0.29) is 5.91 Å². The molecule has 1 aliphatic heterocycles. The quantitative estimate of drug-likeness (QED) is 0.750. The zero-order valence-corrected chi connectivity index (χ0v) is 10.5. The van der Waals surface area contributed by atoms with Crippen LogP contribution >= 0.6 is 0 Å². The molecule has 0 aromatic heterocycles. The number of nitrogens with one attached hydrogen (secondary N) is 1. The molecule has 2 rings (SSSR count). The van der Waals surface area contributed by atoms with Crippen molar-refractivity contribution < 1.29 is 9.90 Å². The predicted octanol–water partition coefficient (Wildman–Crippen LogP) is 0.892. The van der Waals surface area contributed by atoms with Gasteiger partial charge in [-0.25, -0.2) is 0 Å². The number of aliphatic hydroxyl groups excluding tert-OH is 1. The summed E-state index contributed by atoms with van der Waals surface area (Å²) in [6.07, 6.45) is 7.17. The van der Waals surface area contributed by atoms with Gasteiger partial charge in [0, 0.05) is 32.1 Å². The number of nitrogens with zero attached hydrogens (tertiary/aromatic N) is 1. The summed E-state index contributed by atoms with van der Waals surface area (Å²) in [4.78, 5) is 13.7. The Morgan fingerprint density at radius 2 is 2.06 bits per heavy atom. The van der Waals surface area contributed by atoms with Crippen LogP contribution in [0.2, 0.25) is 0 Å². The van der Waals surface area contributed by atoms with Crippen molar-refractivity contribution in [2.45, 2.75) is 57.1 Å². The number of amides is 1. The van der Waals surface area contributed by atoms with Crippen molar-refractivity contribution in [3.63, 3.8) is 0 Å². The van der Waals surface area contributed by atoms with Gasteiger partial charge in [-0.2, -0.15) is 0 Å². The zero-order valence-electron chi connectivity index (χ0n) is 10.5. The van der Waals surface area contributed by atoms with Gasteiger partial charge in [-0.3, -0.25) is 4.79 Å². The fourth-order valence-electron chi connectivity index (χ4n) is 2.32. The number of aliphatic hydroxyl groups is 1. The van der Waals surface area contributed by atoms with Crippen LogP contribution < -0.4 is 5.32 Å². The van der Waals surface area contributed by atoms with Gasteiger partial charge in [-0.05, 0) is 25.7 Å². The first kappa shape index (κ1) is 12.8. The molecule has 4 nitrogen and oxygen atoms in total. The molecule has 1 saturated heterocycles. The predicted molar refractivity (Wildman–Crippen MR) is 66.7 cm³/mol. The van der Waals surface area contributed by atoms with Crippen LogP contribution in [-0.2, 0) is 4.79 Å². The molecule has 98 valence electrons. The Kier molecular flexibility index (Phi) is 4.80. The first-order valence-electron chi connectivity index (χ1n) is 6.95. The summed E-state index contributed by atoms with van der Waals surface area (Å²) in [5.74, 6) is 0.218. The number of rotatable bonds is 5. The van der Waals surface area contributed by atoms with Crippen molar-refractivity contribution in [1.82, 2.24) is 10.2 Å². The standard InChI is InChI=1S/C13H24N2O2/c16-12(9-14-11-6-7-11)10-15-8-4-2-1-3-5-13(15)17/h11-12,14,16H,1-10H2. The van der Waals surface area contributed by atoms with Gasteiger partial charge >= 0.3 is 0 Å². The van der Waals surface area contributed by atoms with E-state index in [4.69, 9.17) is 0 Å². The van der Waals surface area contributed by atoms with Gasteiger partial charge in [0.2, 0.25) is 5.91 Å². The lowest BCUT2D eigenvalue weighted by Gasteiger charge is -2.27. The topological polar surface area (TPSA) is 52.6 Å². The molecule has 4 heteroatoms. The number of carbonyl (C=O) groups excluding carboxylic acids is 1. The third-order valence-corrected chi connectivity index (χ3v) is 3.57. The number of likely N-dealkylation sites (tertiary alicyclic amines) is 1. The lowest BCUT2D eigenvalue weighted by molar-refractivity contribution is -0.133. The van der Waals surface area contributed by atoms with E-state index in [0.29, 0.717) is 25.6 Å². The molecule has 0 aromatic rings. The van der Waals surface area contributed by atoms with Crippen LogP contribution in [0.3, 0.4) is 0 Å². The van der Waals surface area contributed by atoms with Crippen molar-refractivity contribution in [2.75, 3.05) is 19.6 Å². The number of hydrogen-bond acceptors (Lipinski definition) is 3. The molecule has 1 aliphatic carbocycles. The summed E-state index contributed by atoms with van der Waals surface area (Å²) < 4.78 is 0. The lowest BCUT2D eigenvalue weighted by Crippen LogP contribution is -2.42. The van der Waals surface area contributed by atoms with Gasteiger partial charge in [0.15, 0.2) is 0 Å².